The standard InChI is InChI=1S/C21H23N3O4/c1-3-28-18-7-5-4-6-17(18)24-13-15(12-19(24)25)21(27)23-16-10-8-14(9-11-16)20(26)22-2/h4-11,15H,3,12-13H2,1-2H3,(H,22,26)(H,23,27)/t15-/m0/s1. The minimum Gasteiger partial charge on any atom is -0.492 e. The van der Waals surface area contributed by atoms with Crippen LogP contribution in [0.4, 0.5) is 11.4 Å². The summed E-state index contributed by atoms with van der Waals surface area (Å²) in [5, 5.41) is 5.37. The average Bonchev–Trinajstić information content (AvgIpc) is 3.10. The summed E-state index contributed by atoms with van der Waals surface area (Å²) < 4.78 is 5.60. The molecule has 2 N–H and O–H groups in total. The number of para-hydroxylation sites is 2. The summed E-state index contributed by atoms with van der Waals surface area (Å²) in [4.78, 5) is 38.3. The van der Waals surface area contributed by atoms with E-state index in [4.69, 9.17) is 4.74 Å². The molecule has 0 unspecified atom stereocenters. The van der Waals surface area contributed by atoms with Crippen LogP contribution in [-0.4, -0.2) is 37.9 Å². The molecule has 7 nitrogen and oxygen atoms in total. The second-order valence-corrected chi connectivity index (χ2v) is 6.45. The van der Waals surface area contributed by atoms with Gasteiger partial charge in [-0.05, 0) is 43.3 Å². The highest BCUT2D eigenvalue weighted by Gasteiger charge is 2.36. The van der Waals surface area contributed by atoms with Crippen LogP contribution in [0.15, 0.2) is 48.5 Å². The number of hydrogen-bond donors (Lipinski definition) is 2. The molecule has 1 aliphatic heterocycles. The smallest absolute Gasteiger partial charge is 0.251 e. The van der Waals surface area contributed by atoms with E-state index in [1.54, 1.807) is 36.2 Å². The lowest BCUT2D eigenvalue weighted by Gasteiger charge is -2.20. The Morgan fingerprint density at radius 3 is 2.54 bits per heavy atom. The summed E-state index contributed by atoms with van der Waals surface area (Å²) in [6.07, 6.45) is 0.141. The number of carbonyl (C=O) groups is 3. The lowest BCUT2D eigenvalue weighted by molar-refractivity contribution is -0.122. The van der Waals surface area contributed by atoms with Crippen molar-refractivity contribution in [3.8, 4) is 5.75 Å². The predicted octanol–water partition coefficient (Wildman–Crippen LogP) is 2.44. The highest BCUT2D eigenvalue weighted by atomic mass is 16.5. The molecular formula is C21H23N3O4. The molecule has 1 aliphatic rings. The predicted molar refractivity (Wildman–Crippen MR) is 107 cm³/mol. The molecule has 3 rings (SSSR count). The number of carbonyl (C=O) groups excluding carboxylic acids is 3. The number of hydrogen-bond acceptors (Lipinski definition) is 4. The molecular weight excluding hydrogens is 358 g/mol. The molecule has 0 aromatic heterocycles. The summed E-state index contributed by atoms with van der Waals surface area (Å²) in [7, 11) is 1.56. The number of benzene rings is 2. The fourth-order valence-corrected chi connectivity index (χ4v) is 3.17. The van der Waals surface area contributed by atoms with Crippen molar-refractivity contribution in [2.75, 3.05) is 30.4 Å². The normalized spacial score (nSPS) is 16.0. The van der Waals surface area contributed by atoms with Crippen molar-refractivity contribution in [3.05, 3.63) is 54.1 Å². The molecule has 0 radical (unpaired) electrons. The van der Waals surface area contributed by atoms with E-state index in [-0.39, 0.29) is 24.1 Å². The molecule has 2 aromatic carbocycles. The fraction of sp³-hybridized carbons (Fsp3) is 0.286. The zero-order chi connectivity index (χ0) is 20.1. The van der Waals surface area contributed by atoms with Gasteiger partial charge in [-0.3, -0.25) is 14.4 Å². The second-order valence-electron chi connectivity index (χ2n) is 6.45. The Hall–Kier alpha value is -3.35. The van der Waals surface area contributed by atoms with E-state index in [1.165, 1.54) is 0 Å². The Bertz CT molecular complexity index is 879. The molecule has 2 aromatic rings. The molecule has 3 amide bonds. The Morgan fingerprint density at radius 1 is 1.14 bits per heavy atom. The van der Waals surface area contributed by atoms with Crippen LogP contribution in [0.2, 0.25) is 0 Å². The maximum atomic E-state index is 12.6. The van der Waals surface area contributed by atoms with Crippen LogP contribution in [0.5, 0.6) is 5.75 Å². The second kappa shape index (κ2) is 8.56. The van der Waals surface area contributed by atoms with Gasteiger partial charge in [-0.15, -0.1) is 0 Å². The van der Waals surface area contributed by atoms with E-state index >= 15 is 0 Å². The molecule has 0 bridgehead atoms. The van der Waals surface area contributed by atoms with Crippen LogP contribution >= 0.6 is 0 Å². The largest absolute Gasteiger partial charge is 0.492 e. The van der Waals surface area contributed by atoms with Crippen molar-refractivity contribution in [1.29, 1.82) is 0 Å². The van der Waals surface area contributed by atoms with Gasteiger partial charge in [-0.1, -0.05) is 12.1 Å². The fourth-order valence-electron chi connectivity index (χ4n) is 3.17. The zero-order valence-corrected chi connectivity index (χ0v) is 15.9. The summed E-state index contributed by atoms with van der Waals surface area (Å²) in [6.45, 7) is 2.67. The molecule has 7 heteroatoms. The van der Waals surface area contributed by atoms with Gasteiger partial charge < -0.3 is 20.3 Å². The van der Waals surface area contributed by atoms with E-state index in [1.807, 2.05) is 31.2 Å². The molecule has 1 atom stereocenters. The molecule has 1 fully saturated rings. The summed E-state index contributed by atoms with van der Waals surface area (Å²) in [5.41, 5.74) is 1.77. The molecule has 0 aliphatic carbocycles. The van der Waals surface area contributed by atoms with E-state index in [2.05, 4.69) is 10.6 Å². The monoisotopic (exact) mass is 381 g/mol. The summed E-state index contributed by atoms with van der Waals surface area (Å²) in [6, 6.07) is 13.9. The first-order chi connectivity index (χ1) is 13.5. The van der Waals surface area contributed by atoms with Crippen molar-refractivity contribution in [3.63, 3.8) is 0 Å². The number of anilines is 2. The highest BCUT2D eigenvalue weighted by Crippen LogP contribution is 2.33. The minimum absolute atomic E-state index is 0.109. The Labute approximate surface area is 163 Å². The van der Waals surface area contributed by atoms with Crippen molar-refractivity contribution < 1.29 is 19.1 Å². The minimum atomic E-state index is -0.458. The van der Waals surface area contributed by atoms with Crippen molar-refractivity contribution in [1.82, 2.24) is 5.32 Å². The SMILES string of the molecule is CCOc1ccccc1N1C[C@@H](C(=O)Nc2ccc(C(=O)NC)cc2)CC1=O. The lowest BCUT2D eigenvalue weighted by atomic mass is 10.1. The van der Waals surface area contributed by atoms with E-state index in [9.17, 15) is 14.4 Å². The number of ether oxygens (including phenoxy) is 1. The van der Waals surface area contributed by atoms with Crippen LogP contribution in [0.3, 0.4) is 0 Å². The van der Waals surface area contributed by atoms with Gasteiger partial charge in [0.1, 0.15) is 5.75 Å². The molecule has 0 saturated carbocycles. The third-order valence-electron chi connectivity index (χ3n) is 4.59. The van der Waals surface area contributed by atoms with Crippen molar-refractivity contribution in [2.24, 2.45) is 5.92 Å². The molecule has 1 saturated heterocycles. The maximum absolute atomic E-state index is 12.6. The van der Waals surface area contributed by atoms with Crippen LogP contribution in [0.25, 0.3) is 0 Å². The van der Waals surface area contributed by atoms with Gasteiger partial charge >= 0.3 is 0 Å². The lowest BCUT2D eigenvalue weighted by Crippen LogP contribution is -2.28. The first kappa shape index (κ1) is 19.4. The van der Waals surface area contributed by atoms with E-state index < -0.39 is 5.92 Å². The van der Waals surface area contributed by atoms with Crippen LogP contribution in [-0.2, 0) is 9.59 Å². The van der Waals surface area contributed by atoms with E-state index in [0.717, 1.165) is 0 Å². The number of rotatable bonds is 6. The highest BCUT2D eigenvalue weighted by molar-refractivity contribution is 6.04. The molecule has 146 valence electrons. The first-order valence-corrected chi connectivity index (χ1v) is 9.18. The zero-order valence-electron chi connectivity index (χ0n) is 15.9. The summed E-state index contributed by atoms with van der Waals surface area (Å²) in [5.74, 6) is -0.354. The third-order valence-corrected chi connectivity index (χ3v) is 4.59. The van der Waals surface area contributed by atoms with Crippen LogP contribution in [0, 0.1) is 5.92 Å². The van der Waals surface area contributed by atoms with Crippen molar-refractivity contribution in [2.45, 2.75) is 13.3 Å². The van der Waals surface area contributed by atoms with Gasteiger partial charge in [0.15, 0.2) is 0 Å². The Morgan fingerprint density at radius 2 is 1.86 bits per heavy atom. The van der Waals surface area contributed by atoms with Gasteiger partial charge in [-0.25, -0.2) is 0 Å². The van der Waals surface area contributed by atoms with Gasteiger partial charge in [-0.2, -0.15) is 0 Å². The number of nitrogens with one attached hydrogen (secondary N) is 2. The van der Waals surface area contributed by atoms with Gasteiger partial charge in [0.05, 0.1) is 18.2 Å². The Balaban J connectivity index is 1.68. The van der Waals surface area contributed by atoms with Crippen LogP contribution in [0.1, 0.15) is 23.7 Å². The number of amides is 3. The van der Waals surface area contributed by atoms with Gasteiger partial charge in [0.25, 0.3) is 5.91 Å². The van der Waals surface area contributed by atoms with Gasteiger partial charge in [0, 0.05) is 31.3 Å². The van der Waals surface area contributed by atoms with E-state index in [0.29, 0.717) is 35.8 Å². The third kappa shape index (κ3) is 4.14. The first-order valence-electron chi connectivity index (χ1n) is 9.18. The van der Waals surface area contributed by atoms with Gasteiger partial charge in [0.2, 0.25) is 11.8 Å². The average molecular weight is 381 g/mol. The quantitative estimate of drug-likeness (QED) is 0.805. The van der Waals surface area contributed by atoms with Crippen molar-refractivity contribution >= 4 is 29.1 Å². The van der Waals surface area contributed by atoms with Crippen LogP contribution < -0.4 is 20.3 Å². The Kier molecular flexibility index (Phi) is 5.93. The molecule has 0 spiro atoms. The summed E-state index contributed by atoms with van der Waals surface area (Å²) >= 11 is 0. The topological polar surface area (TPSA) is 87.7 Å². The molecule has 1 heterocycles. The molecule has 28 heavy (non-hydrogen) atoms. The maximum Gasteiger partial charge on any atom is 0.251 e. The number of nitrogens with zero attached hydrogens (tertiary/aromatic N) is 1.